The van der Waals surface area contributed by atoms with Crippen LogP contribution < -0.4 is 0 Å². The van der Waals surface area contributed by atoms with Crippen LogP contribution in [0.2, 0.25) is 10.2 Å². The van der Waals surface area contributed by atoms with Crippen LogP contribution in [0.4, 0.5) is 0 Å². The number of pyridine rings is 1. The number of ether oxygens (including phenoxy) is 1. The van der Waals surface area contributed by atoms with Gasteiger partial charge in [-0.05, 0) is 6.07 Å². The van der Waals surface area contributed by atoms with Crippen LogP contribution in [0, 0.1) is 0 Å². The summed E-state index contributed by atoms with van der Waals surface area (Å²) in [5, 5.41) is 0.887. The third-order valence-corrected chi connectivity index (χ3v) is 2.52. The zero-order chi connectivity index (χ0) is 8.55. The summed E-state index contributed by atoms with van der Waals surface area (Å²) in [6.45, 7) is 1.32. The average Bonchev–Trinajstić information content (AvgIpc) is 2.07. The van der Waals surface area contributed by atoms with Crippen molar-refractivity contribution in [2.45, 2.75) is 13.0 Å². The summed E-state index contributed by atoms with van der Waals surface area (Å²) in [5.41, 5.74) is 2.06. The Morgan fingerprint density at radius 2 is 2.25 bits per heavy atom. The minimum atomic E-state index is 0.386. The summed E-state index contributed by atoms with van der Waals surface area (Å²) >= 11 is 11.6. The monoisotopic (exact) mass is 203 g/mol. The Labute approximate surface area is 80.5 Å². The van der Waals surface area contributed by atoms with Crippen LogP contribution in [0.1, 0.15) is 11.3 Å². The van der Waals surface area contributed by atoms with Crippen molar-refractivity contribution in [2.24, 2.45) is 0 Å². The number of rotatable bonds is 0. The largest absolute Gasteiger partial charge is 0.376 e. The number of fused-ring (bicyclic) bond motifs is 1. The molecule has 1 aromatic rings. The van der Waals surface area contributed by atoms with E-state index in [-0.39, 0.29) is 0 Å². The van der Waals surface area contributed by atoms with Gasteiger partial charge in [0.25, 0.3) is 0 Å². The summed E-state index contributed by atoms with van der Waals surface area (Å²) < 4.78 is 5.25. The Kier molecular flexibility index (Phi) is 2.22. The predicted octanol–water partition coefficient (Wildman–Crippen LogP) is 2.46. The molecule has 0 aliphatic carbocycles. The summed E-state index contributed by atoms with van der Waals surface area (Å²) in [5.74, 6) is 0. The first-order chi connectivity index (χ1) is 5.77. The van der Waals surface area contributed by atoms with Gasteiger partial charge in [-0.15, -0.1) is 0 Å². The van der Waals surface area contributed by atoms with Gasteiger partial charge in [-0.25, -0.2) is 4.98 Å². The van der Waals surface area contributed by atoms with Crippen molar-refractivity contribution in [3.8, 4) is 0 Å². The van der Waals surface area contributed by atoms with Crippen molar-refractivity contribution in [1.29, 1.82) is 0 Å². The van der Waals surface area contributed by atoms with Crippen molar-refractivity contribution in [3.63, 3.8) is 0 Å². The number of aromatic nitrogens is 1. The zero-order valence-electron chi connectivity index (χ0n) is 6.31. The Hall–Kier alpha value is -0.310. The van der Waals surface area contributed by atoms with E-state index in [4.69, 9.17) is 27.9 Å². The minimum absolute atomic E-state index is 0.386. The molecule has 0 aromatic carbocycles. The summed E-state index contributed by atoms with van der Waals surface area (Å²) in [7, 11) is 0. The molecule has 2 rings (SSSR count). The third-order valence-electron chi connectivity index (χ3n) is 1.84. The Bertz CT molecular complexity index is 283. The second-order valence-electron chi connectivity index (χ2n) is 2.67. The van der Waals surface area contributed by atoms with Gasteiger partial charge in [0.05, 0.1) is 23.9 Å². The molecule has 2 heterocycles. The summed E-state index contributed by atoms with van der Waals surface area (Å²) in [6.07, 6.45) is 0.826. The van der Waals surface area contributed by atoms with Crippen molar-refractivity contribution in [3.05, 3.63) is 27.5 Å². The van der Waals surface area contributed by atoms with Gasteiger partial charge in [0, 0.05) is 12.0 Å². The Morgan fingerprint density at radius 3 is 3.08 bits per heavy atom. The van der Waals surface area contributed by atoms with Gasteiger partial charge < -0.3 is 4.74 Å². The number of nitrogens with zero attached hydrogens (tertiary/aromatic N) is 1. The highest BCUT2D eigenvalue weighted by atomic mass is 35.5. The van der Waals surface area contributed by atoms with E-state index in [1.165, 1.54) is 0 Å². The van der Waals surface area contributed by atoms with Crippen LogP contribution >= 0.6 is 23.2 Å². The molecule has 1 aliphatic heterocycles. The van der Waals surface area contributed by atoms with E-state index >= 15 is 0 Å². The lowest BCUT2D eigenvalue weighted by Gasteiger charge is -2.15. The molecule has 0 N–H and O–H groups in total. The molecule has 1 aromatic heterocycles. The molecule has 0 atom stereocenters. The van der Waals surface area contributed by atoms with E-state index < -0.39 is 0 Å². The second-order valence-corrected chi connectivity index (χ2v) is 3.43. The predicted molar refractivity (Wildman–Crippen MR) is 47.6 cm³/mol. The lowest BCUT2D eigenvalue weighted by atomic mass is 10.1. The van der Waals surface area contributed by atoms with Gasteiger partial charge >= 0.3 is 0 Å². The van der Waals surface area contributed by atoms with Gasteiger partial charge in [0.1, 0.15) is 5.15 Å². The van der Waals surface area contributed by atoms with Crippen molar-refractivity contribution in [2.75, 3.05) is 6.61 Å². The van der Waals surface area contributed by atoms with E-state index in [1.807, 2.05) is 6.07 Å². The van der Waals surface area contributed by atoms with Crippen LogP contribution in [-0.4, -0.2) is 11.6 Å². The fraction of sp³-hybridized carbons (Fsp3) is 0.375. The van der Waals surface area contributed by atoms with Crippen LogP contribution in [0.3, 0.4) is 0 Å². The maximum atomic E-state index is 5.80. The van der Waals surface area contributed by atoms with E-state index in [1.54, 1.807) is 0 Å². The van der Waals surface area contributed by atoms with Gasteiger partial charge in [0.15, 0.2) is 0 Å². The Morgan fingerprint density at radius 1 is 1.42 bits per heavy atom. The summed E-state index contributed by atoms with van der Waals surface area (Å²) in [6, 6.07) is 1.82. The van der Waals surface area contributed by atoms with Gasteiger partial charge in [-0.1, -0.05) is 23.2 Å². The maximum absolute atomic E-state index is 5.80. The molecule has 0 unspecified atom stereocenters. The Balaban J connectivity index is 2.49. The van der Waals surface area contributed by atoms with Gasteiger partial charge in [-0.2, -0.15) is 0 Å². The van der Waals surface area contributed by atoms with Crippen LogP contribution in [0.25, 0.3) is 0 Å². The molecule has 12 heavy (non-hydrogen) atoms. The molecular formula is C8H7Cl2NO. The van der Waals surface area contributed by atoms with Crippen molar-refractivity contribution < 1.29 is 4.74 Å². The van der Waals surface area contributed by atoms with Crippen LogP contribution in [0.15, 0.2) is 6.07 Å². The SMILES string of the molecule is Clc1cc2c(nc1Cl)CCOC2. The van der Waals surface area contributed by atoms with Crippen LogP contribution in [-0.2, 0) is 17.8 Å². The lowest BCUT2D eigenvalue weighted by Crippen LogP contribution is -2.11. The molecule has 0 spiro atoms. The van der Waals surface area contributed by atoms with E-state index in [0.717, 1.165) is 24.3 Å². The lowest BCUT2D eigenvalue weighted by molar-refractivity contribution is 0.109. The van der Waals surface area contributed by atoms with E-state index in [2.05, 4.69) is 4.98 Å². The molecule has 0 amide bonds. The molecule has 2 nitrogen and oxygen atoms in total. The molecule has 0 fully saturated rings. The molecule has 64 valence electrons. The average molecular weight is 204 g/mol. The highest BCUT2D eigenvalue weighted by molar-refractivity contribution is 6.41. The second kappa shape index (κ2) is 3.21. The number of hydrogen-bond donors (Lipinski definition) is 0. The van der Waals surface area contributed by atoms with Gasteiger partial charge in [-0.3, -0.25) is 0 Å². The molecule has 0 radical (unpaired) electrons. The molecule has 0 saturated carbocycles. The maximum Gasteiger partial charge on any atom is 0.147 e. The summed E-state index contributed by atoms with van der Waals surface area (Å²) in [4.78, 5) is 4.17. The molecule has 1 aliphatic rings. The number of halogens is 2. The smallest absolute Gasteiger partial charge is 0.147 e. The topological polar surface area (TPSA) is 22.1 Å². The normalized spacial score (nSPS) is 15.8. The number of hydrogen-bond acceptors (Lipinski definition) is 2. The first-order valence-corrected chi connectivity index (χ1v) is 4.44. The molecule has 0 bridgehead atoms. The van der Waals surface area contributed by atoms with E-state index in [9.17, 15) is 0 Å². The van der Waals surface area contributed by atoms with Gasteiger partial charge in [0.2, 0.25) is 0 Å². The highest BCUT2D eigenvalue weighted by Crippen LogP contribution is 2.25. The fourth-order valence-corrected chi connectivity index (χ4v) is 1.56. The zero-order valence-corrected chi connectivity index (χ0v) is 7.82. The highest BCUT2D eigenvalue weighted by Gasteiger charge is 2.13. The fourth-order valence-electron chi connectivity index (χ4n) is 1.23. The van der Waals surface area contributed by atoms with Crippen molar-refractivity contribution >= 4 is 23.2 Å². The standard InChI is InChI=1S/C8H7Cl2NO/c9-6-3-5-4-12-2-1-7(5)11-8(6)10/h3H,1-2,4H2. The molecule has 4 heteroatoms. The van der Waals surface area contributed by atoms with Crippen LogP contribution in [0.5, 0.6) is 0 Å². The third kappa shape index (κ3) is 1.42. The minimum Gasteiger partial charge on any atom is -0.376 e. The van der Waals surface area contributed by atoms with E-state index in [0.29, 0.717) is 16.8 Å². The molecule has 0 saturated heterocycles. The first-order valence-electron chi connectivity index (χ1n) is 3.69. The quantitative estimate of drug-likeness (QED) is 0.605. The van der Waals surface area contributed by atoms with Crippen molar-refractivity contribution in [1.82, 2.24) is 4.98 Å². The molecular weight excluding hydrogens is 197 g/mol. The first kappa shape index (κ1) is 8.30.